The van der Waals surface area contributed by atoms with E-state index in [1.54, 1.807) is 42.5 Å². The molecule has 0 spiro atoms. The Bertz CT molecular complexity index is 810. The summed E-state index contributed by atoms with van der Waals surface area (Å²) in [6, 6.07) is 13.8. The molecule has 1 N–H and O–H groups in total. The first-order valence-electron chi connectivity index (χ1n) is 7.09. The van der Waals surface area contributed by atoms with Crippen LogP contribution in [0.2, 0.25) is 0 Å². The smallest absolute Gasteiger partial charge is 0.277 e. The molecule has 0 saturated carbocycles. The summed E-state index contributed by atoms with van der Waals surface area (Å²) in [7, 11) is 0. The minimum absolute atomic E-state index is 0.176. The van der Waals surface area contributed by atoms with Gasteiger partial charge in [-0.15, -0.1) is 0 Å². The van der Waals surface area contributed by atoms with E-state index in [1.165, 1.54) is 6.21 Å². The highest BCUT2D eigenvalue weighted by atomic mass is 16.7. The van der Waals surface area contributed by atoms with Crippen molar-refractivity contribution in [3.63, 3.8) is 0 Å². The topological polar surface area (TPSA) is 92.9 Å². The largest absolute Gasteiger partial charge is 0.484 e. The highest BCUT2D eigenvalue weighted by molar-refractivity contribution is 5.83. The van der Waals surface area contributed by atoms with Gasteiger partial charge < -0.3 is 14.2 Å². The van der Waals surface area contributed by atoms with Gasteiger partial charge in [-0.1, -0.05) is 0 Å². The van der Waals surface area contributed by atoms with Crippen LogP contribution < -0.4 is 19.6 Å². The van der Waals surface area contributed by atoms with E-state index in [0.29, 0.717) is 22.8 Å². The third-order valence-corrected chi connectivity index (χ3v) is 3.15. The number of benzene rings is 2. The summed E-state index contributed by atoms with van der Waals surface area (Å²) in [6.45, 7) is 0.0315. The maximum Gasteiger partial charge on any atom is 0.277 e. The van der Waals surface area contributed by atoms with E-state index in [0.717, 1.165) is 5.56 Å². The van der Waals surface area contributed by atoms with E-state index in [9.17, 15) is 4.79 Å². The van der Waals surface area contributed by atoms with Crippen LogP contribution in [0.3, 0.4) is 0 Å². The van der Waals surface area contributed by atoms with Gasteiger partial charge in [-0.3, -0.25) is 4.79 Å². The number of hydrogen-bond acceptors (Lipinski definition) is 6. The number of hydrazone groups is 1. The molecule has 2 aromatic carbocycles. The maximum atomic E-state index is 11.7. The second-order valence-corrected chi connectivity index (χ2v) is 4.83. The summed E-state index contributed by atoms with van der Waals surface area (Å²) in [5.74, 6) is 1.45. The third-order valence-electron chi connectivity index (χ3n) is 3.15. The van der Waals surface area contributed by atoms with Crippen molar-refractivity contribution in [1.82, 2.24) is 5.43 Å². The zero-order chi connectivity index (χ0) is 16.8. The number of hydrogen-bond donors (Lipinski definition) is 1. The van der Waals surface area contributed by atoms with E-state index < -0.39 is 5.91 Å². The lowest BCUT2D eigenvalue weighted by Crippen LogP contribution is -2.24. The molecule has 0 fully saturated rings. The van der Waals surface area contributed by atoms with Crippen molar-refractivity contribution in [3.05, 3.63) is 53.6 Å². The Morgan fingerprint density at radius 1 is 1.25 bits per heavy atom. The lowest BCUT2D eigenvalue weighted by atomic mass is 10.2. The van der Waals surface area contributed by atoms with Crippen molar-refractivity contribution in [2.75, 3.05) is 13.4 Å². The molecule has 0 radical (unpaired) electrons. The fourth-order valence-electron chi connectivity index (χ4n) is 1.98. The number of nitrogens with one attached hydrogen (secondary N) is 1. The van der Waals surface area contributed by atoms with Gasteiger partial charge in [0.25, 0.3) is 5.91 Å². The van der Waals surface area contributed by atoms with Crippen molar-refractivity contribution in [3.8, 4) is 23.3 Å². The molecule has 1 amide bonds. The Labute approximate surface area is 138 Å². The Hall–Kier alpha value is -3.53. The Kier molecular flexibility index (Phi) is 4.58. The minimum Gasteiger partial charge on any atom is -0.484 e. The van der Waals surface area contributed by atoms with Gasteiger partial charge in [0.15, 0.2) is 18.1 Å². The van der Waals surface area contributed by atoms with Gasteiger partial charge >= 0.3 is 0 Å². The van der Waals surface area contributed by atoms with Crippen LogP contribution in [-0.4, -0.2) is 25.5 Å². The van der Waals surface area contributed by atoms with Crippen LogP contribution in [0.5, 0.6) is 17.2 Å². The number of nitrogens with zero attached hydrogens (tertiary/aromatic N) is 2. The average molecular weight is 323 g/mol. The lowest BCUT2D eigenvalue weighted by molar-refractivity contribution is -0.123. The standard InChI is InChI=1S/C17H13N3O4/c18-8-12-1-4-14(5-2-12)22-10-17(21)20-19-9-13-3-6-15-16(7-13)24-11-23-15/h1-7,9H,10-11H2,(H,20,21)/b19-9+. The fraction of sp³-hybridized carbons (Fsp3) is 0.118. The number of carbonyl (C=O) groups is 1. The second-order valence-electron chi connectivity index (χ2n) is 4.83. The SMILES string of the molecule is N#Cc1ccc(OCC(=O)N/N=C/c2ccc3c(c2)OCO3)cc1. The monoisotopic (exact) mass is 323 g/mol. The van der Waals surface area contributed by atoms with Gasteiger partial charge in [0.2, 0.25) is 6.79 Å². The Morgan fingerprint density at radius 3 is 2.83 bits per heavy atom. The normalized spacial score (nSPS) is 12.0. The molecule has 0 aromatic heterocycles. The van der Waals surface area contributed by atoms with E-state index in [4.69, 9.17) is 19.5 Å². The van der Waals surface area contributed by atoms with Crippen molar-refractivity contribution in [1.29, 1.82) is 5.26 Å². The molecule has 3 rings (SSSR count). The minimum atomic E-state index is -0.392. The van der Waals surface area contributed by atoms with Gasteiger partial charge in [0.05, 0.1) is 17.8 Å². The van der Waals surface area contributed by atoms with Gasteiger partial charge in [-0.2, -0.15) is 10.4 Å². The summed E-state index contributed by atoms with van der Waals surface area (Å²) < 4.78 is 15.8. The lowest BCUT2D eigenvalue weighted by Gasteiger charge is -2.04. The molecule has 0 unspecified atom stereocenters. The molecule has 7 nitrogen and oxygen atoms in total. The van der Waals surface area contributed by atoms with E-state index in [1.807, 2.05) is 6.07 Å². The zero-order valence-electron chi connectivity index (χ0n) is 12.6. The van der Waals surface area contributed by atoms with Crippen LogP contribution >= 0.6 is 0 Å². The molecule has 0 bridgehead atoms. The number of rotatable bonds is 5. The first-order chi connectivity index (χ1) is 11.7. The van der Waals surface area contributed by atoms with Crippen LogP contribution in [0.15, 0.2) is 47.6 Å². The summed E-state index contributed by atoms with van der Waals surface area (Å²) >= 11 is 0. The molecule has 0 atom stereocenters. The predicted molar refractivity (Wildman–Crippen MR) is 85.0 cm³/mol. The summed E-state index contributed by atoms with van der Waals surface area (Å²) in [4.78, 5) is 11.7. The zero-order valence-corrected chi connectivity index (χ0v) is 12.6. The van der Waals surface area contributed by atoms with Crippen molar-refractivity contribution < 1.29 is 19.0 Å². The van der Waals surface area contributed by atoms with E-state index in [-0.39, 0.29) is 13.4 Å². The summed E-state index contributed by atoms with van der Waals surface area (Å²) in [5.41, 5.74) is 3.67. The molecular formula is C17H13N3O4. The fourth-order valence-corrected chi connectivity index (χ4v) is 1.98. The average Bonchev–Trinajstić information content (AvgIpc) is 3.08. The molecule has 1 heterocycles. The van der Waals surface area contributed by atoms with Gasteiger partial charge in [-0.05, 0) is 48.0 Å². The first kappa shape index (κ1) is 15.4. The molecular weight excluding hydrogens is 310 g/mol. The van der Waals surface area contributed by atoms with Gasteiger partial charge in [0, 0.05) is 0 Å². The van der Waals surface area contributed by atoms with Crippen LogP contribution in [0.1, 0.15) is 11.1 Å². The highest BCUT2D eigenvalue weighted by Gasteiger charge is 2.12. The van der Waals surface area contributed by atoms with Gasteiger partial charge in [0.1, 0.15) is 5.75 Å². The quantitative estimate of drug-likeness (QED) is 0.669. The molecule has 2 aromatic rings. The van der Waals surface area contributed by atoms with E-state index in [2.05, 4.69) is 10.5 Å². The van der Waals surface area contributed by atoms with Gasteiger partial charge in [-0.25, -0.2) is 5.43 Å². The van der Waals surface area contributed by atoms with Crippen molar-refractivity contribution in [2.24, 2.45) is 5.10 Å². The Morgan fingerprint density at radius 2 is 2.04 bits per heavy atom. The van der Waals surface area contributed by atoms with Crippen LogP contribution in [0, 0.1) is 11.3 Å². The highest BCUT2D eigenvalue weighted by Crippen LogP contribution is 2.31. The molecule has 1 aliphatic rings. The molecule has 0 saturated heterocycles. The van der Waals surface area contributed by atoms with Crippen molar-refractivity contribution >= 4 is 12.1 Å². The Balaban J connectivity index is 1.47. The molecule has 24 heavy (non-hydrogen) atoms. The molecule has 120 valence electrons. The predicted octanol–water partition coefficient (Wildman–Crippen LogP) is 1.82. The molecule has 7 heteroatoms. The number of ether oxygens (including phenoxy) is 3. The van der Waals surface area contributed by atoms with Crippen LogP contribution in [0.4, 0.5) is 0 Å². The summed E-state index contributed by atoms with van der Waals surface area (Å²) in [6.07, 6.45) is 1.50. The number of amides is 1. The summed E-state index contributed by atoms with van der Waals surface area (Å²) in [5, 5.41) is 12.6. The first-order valence-corrected chi connectivity index (χ1v) is 7.09. The molecule has 0 aliphatic carbocycles. The van der Waals surface area contributed by atoms with Crippen LogP contribution in [0.25, 0.3) is 0 Å². The molecule has 1 aliphatic heterocycles. The van der Waals surface area contributed by atoms with Crippen LogP contribution in [-0.2, 0) is 4.79 Å². The third kappa shape index (κ3) is 3.81. The van der Waals surface area contributed by atoms with E-state index >= 15 is 0 Å². The van der Waals surface area contributed by atoms with Crippen molar-refractivity contribution in [2.45, 2.75) is 0 Å². The number of nitriles is 1. The number of fused-ring (bicyclic) bond motifs is 1. The second kappa shape index (κ2) is 7.15. The number of carbonyl (C=O) groups excluding carboxylic acids is 1. The maximum absolute atomic E-state index is 11.7.